The number of carbonyl (C=O) groups excluding carboxylic acids is 2. The molecule has 12 heavy (non-hydrogen) atoms. The molecule has 0 bridgehead atoms. The smallest absolute Gasteiger partial charge is 0.140 e. The van der Waals surface area contributed by atoms with Crippen molar-refractivity contribution < 1.29 is 9.59 Å². The van der Waals surface area contributed by atoms with Gasteiger partial charge < -0.3 is 0 Å². The zero-order valence-electron chi connectivity index (χ0n) is 7.80. The molecule has 0 heterocycles. The molecule has 2 heteroatoms. The van der Waals surface area contributed by atoms with E-state index in [0.717, 1.165) is 12.8 Å². The Morgan fingerprint density at radius 2 is 2.00 bits per heavy atom. The molecule has 0 aliphatic carbocycles. The zero-order valence-corrected chi connectivity index (χ0v) is 7.80. The lowest BCUT2D eigenvalue weighted by atomic mass is 10.1. The van der Waals surface area contributed by atoms with E-state index < -0.39 is 0 Å². The zero-order chi connectivity index (χ0) is 9.40. The van der Waals surface area contributed by atoms with E-state index in [-0.39, 0.29) is 18.0 Å². The minimum atomic E-state index is -0.0361. The molecule has 68 valence electrons. The molecule has 0 saturated heterocycles. The highest BCUT2D eigenvalue weighted by Crippen LogP contribution is 2.00. The van der Waals surface area contributed by atoms with Crippen molar-refractivity contribution in [3.8, 4) is 0 Å². The molecule has 0 spiro atoms. The molecular weight excluding hydrogens is 152 g/mol. The Kier molecular flexibility index (Phi) is 6.25. The van der Waals surface area contributed by atoms with Crippen LogP contribution in [0.15, 0.2) is 12.2 Å². The van der Waals surface area contributed by atoms with Crippen molar-refractivity contribution in [1.82, 2.24) is 0 Å². The van der Waals surface area contributed by atoms with Crippen molar-refractivity contribution in [2.75, 3.05) is 0 Å². The van der Waals surface area contributed by atoms with Crippen molar-refractivity contribution in [2.24, 2.45) is 0 Å². The van der Waals surface area contributed by atoms with Crippen LogP contribution in [0.3, 0.4) is 0 Å². The number of unbranched alkanes of at least 4 members (excludes halogenated alkanes) is 1. The Morgan fingerprint density at radius 1 is 1.33 bits per heavy atom. The third kappa shape index (κ3) is 7.19. The highest BCUT2D eigenvalue weighted by atomic mass is 16.1. The Labute approximate surface area is 73.7 Å². The SMILES string of the molecule is C/C=C/CCCC(=O)CC(C)=O. The molecule has 0 aliphatic rings. The van der Waals surface area contributed by atoms with Crippen molar-refractivity contribution in [1.29, 1.82) is 0 Å². The highest BCUT2D eigenvalue weighted by Gasteiger charge is 2.03. The lowest BCUT2D eigenvalue weighted by Gasteiger charge is -1.94. The van der Waals surface area contributed by atoms with Gasteiger partial charge in [0.2, 0.25) is 0 Å². The molecule has 0 aliphatic heterocycles. The van der Waals surface area contributed by atoms with E-state index in [2.05, 4.69) is 0 Å². The van der Waals surface area contributed by atoms with Crippen LogP contribution in [0.4, 0.5) is 0 Å². The van der Waals surface area contributed by atoms with Crippen LogP contribution in [0.5, 0.6) is 0 Å². The van der Waals surface area contributed by atoms with Crippen LogP contribution in [0.1, 0.15) is 39.5 Å². The van der Waals surface area contributed by atoms with Crippen LogP contribution < -0.4 is 0 Å². The van der Waals surface area contributed by atoms with Gasteiger partial charge in [-0.15, -0.1) is 0 Å². The number of hydrogen-bond acceptors (Lipinski definition) is 2. The Morgan fingerprint density at radius 3 is 2.50 bits per heavy atom. The monoisotopic (exact) mass is 168 g/mol. The first-order valence-electron chi connectivity index (χ1n) is 4.29. The fraction of sp³-hybridized carbons (Fsp3) is 0.600. The van der Waals surface area contributed by atoms with Crippen LogP contribution in [0, 0.1) is 0 Å². The summed E-state index contributed by atoms with van der Waals surface area (Å²) < 4.78 is 0. The molecular formula is C10H16O2. The normalized spacial score (nSPS) is 10.5. The molecule has 0 aromatic carbocycles. The topological polar surface area (TPSA) is 34.1 Å². The fourth-order valence-corrected chi connectivity index (χ4v) is 0.950. The average Bonchev–Trinajstić information content (AvgIpc) is 1.97. The standard InChI is InChI=1S/C10H16O2/c1-3-4-5-6-7-10(12)8-9(2)11/h3-4H,5-8H2,1-2H3/b4-3+. The van der Waals surface area contributed by atoms with E-state index >= 15 is 0 Å². The van der Waals surface area contributed by atoms with Crippen molar-refractivity contribution in [2.45, 2.75) is 39.5 Å². The van der Waals surface area contributed by atoms with E-state index in [1.54, 1.807) is 0 Å². The highest BCUT2D eigenvalue weighted by molar-refractivity contribution is 5.97. The van der Waals surface area contributed by atoms with Gasteiger partial charge in [-0.2, -0.15) is 0 Å². The molecule has 0 aromatic heterocycles. The Hall–Kier alpha value is -0.920. The van der Waals surface area contributed by atoms with Gasteiger partial charge in [-0.05, 0) is 26.7 Å². The number of rotatable bonds is 6. The summed E-state index contributed by atoms with van der Waals surface area (Å²) in [5.41, 5.74) is 0. The van der Waals surface area contributed by atoms with Crippen LogP contribution in [0.2, 0.25) is 0 Å². The Bertz CT molecular complexity index is 180. The second-order valence-electron chi connectivity index (χ2n) is 2.88. The molecule has 0 saturated carbocycles. The van der Waals surface area contributed by atoms with Gasteiger partial charge in [0.05, 0.1) is 6.42 Å². The summed E-state index contributed by atoms with van der Waals surface area (Å²) in [5, 5.41) is 0. The summed E-state index contributed by atoms with van der Waals surface area (Å²) >= 11 is 0. The maximum atomic E-state index is 11.0. The van der Waals surface area contributed by atoms with Crippen LogP contribution >= 0.6 is 0 Å². The van der Waals surface area contributed by atoms with Gasteiger partial charge in [0.1, 0.15) is 11.6 Å². The van der Waals surface area contributed by atoms with E-state index in [0.29, 0.717) is 6.42 Å². The number of hydrogen-bond donors (Lipinski definition) is 0. The number of allylic oxidation sites excluding steroid dienone is 2. The Balaban J connectivity index is 3.38. The van der Waals surface area contributed by atoms with Crippen molar-refractivity contribution in [3.05, 3.63) is 12.2 Å². The summed E-state index contributed by atoms with van der Waals surface area (Å²) in [5.74, 6) is 0.0260. The molecule has 0 N–H and O–H groups in total. The van der Waals surface area contributed by atoms with Crippen LogP contribution in [0.25, 0.3) is 0 Å². The summed E-state index contributed by atoms with van der Waals surface area (Å²) in [6, 6.07) is 0. The maximum Gasteiger partial charge on any atom is 0.140 e. The van der Waals surface area contributed by atoms with Crippen LogP contribution in [-0.2, 0) is 9.59 Å². The second kappa shape index (κ2) is 6.77. The minimum absolute atomic E-state index is 0.0361. The van der Waals surface area contributed by atoms with Gasteiger partial charge in [-0.1, -0.05) is 12.2 Å². The number of ketones is 2. The first-order valence-corrected chi connectivity index (χ1v) is 4.29. The van der Waals surface area contributed by atoms with E-state index in [9.17, 15) is 9.59 Å². The van der Waals surface area contributed by atoms with Gasteiger partial charge in [-0.25, -0.2) is 0 Å². The molecule has 0 atom stereocenters. The van der Waals surface area contributed by atoms with E-state index in [4.69, 9.17) is 0 Å². The van der Waals surface area contributed by atoms with Crippen molar-refractivity contribution in [3.63, 3.8) is 0 Å². The molecule has 0 amide bonds. The van der Waals surface area contributed by atoms with Gasteiger partial charge >= 0.3 is 0 Å². The molecule has 2 nitrogen and oxygen atoms in total. The first-order chi connectivity index (χ1) is 5.66. The molecule has 0 aromatic rings. The van der Waals surface area contributed by atoms with E-state index in [1.807, 2.05) is 19.1 Å². The van der Waals surface area contributed by atoms with Gasteiger partial charge in [-0.3, -0.25) is 9.59 Å². The number of Topliss-reactive ketones (excluding diaryl/α,β-unsaturated/α-hetero) is 2. The average molecular weight is 168 g/mol. The number of carbonyl (C=O) groups is 2. The predicted molar refractivity (Wildman–Crippen MR) is 49.0 cm³/mol. The summed E-state index contributed by atoms with van der Waals surface area (Å²) in [6.45, 7) is 3.40. The summed E-state index contributed by atoms with van der Waals surface area (Å²) in [6.07, 6.45) is 6.42. The van der Waals surface area contributed by atoms with Gasteiger partial charge in [0.15, 0.2) is 0 Å². The predicted octanol–water partition coefficient (Wildman–Crippen LogP) is 2.28. The third-order valence-electron chi connectivity index (χ3n) is 1.51. The van der Waals surface area contributed by atoms with E-state index in [1.165, 1.54) is 6.92 Å². The quantitative estimate of drug-likeness (QED) is 0.346. The maximum absolute atomic E-state index is 11.0. The second-order valence-corrected chi connectivity index (χ2v) is 2.88. The first kappa shape index (κ1) is 11.1. The van der Waals surface area contributed by atoms with Gasteiger partial charge in [0, 0.05) is 6.42 Å². The minimum Gasteiger partial charge on any atom is -0.300 e. The lowest BCUT2D eigenvalue weighted by molar-refractivity contribution is -0.125. The molecule has 0 unspecified atom stereocenters. The van der Waals surface area contributed by atoms with Gasteiger partial charge in [0.25, 0.3) is 0 Å². The third-order valence-corrected chi connectivity index (χ3v) is 1.51. The largest absolute Gasteiger partial charge is 0.300 e. The van der Waals surface area contributed by atoms with Crippen LogP contribution in [-0.4, -0.2) is 11.6 Å². The summed E-state index contributed by atoms with van der Waals surface area (Å²) in [7, 11) is 0. The van der Waals surface area contributed by atoms with Crippen molar-refractivity contribution >= 4 is 11.6 Å². The molecule has 0 fully saturated rings. The molecule has 0 radical (unpaired) electrons. The summed E-state index contributed by atoms with van der Waals surface area (Å²) in [4.78, 5) is 21.5. The molecule has 0 rings (SSSR count). The lowest BCUT2D eigenvalue weighted by Crippen LogP contribution is -2.03. The fourth-order valence-electron chi connectivity index (χ4n) is 0.950.